The second-order valence-corrected chi connectivity index (χ2v) is 20.0. The average molecular weight is 742 g/mol. The van der Waals surface area contributed by atoms with Crippen molar-refractivity contribution in [2.75, 3.05) is 4.90 Å². The van der Waals surface area contributed by atoms with Crippen LogP contribution in [-0.4, -0.2) is 0 Å². The minimum absolute atomic E-state index is 0.154. The highest BCUT2D eigenvalue weighted by molar-refractivity contribution is 5.98. The Kier molecular flexibility index (Phi) is 7.68. The van der Waals surface area contributed by atoms with Crippen molar-refractivity contribution in [3.63, 3.8) is 0 Å². The summed E-state index contributed by atoms with van der Waals surface area (Å²) in [6.07, 6.45) is 14.3. The van der Waals surface area contributed by atoms with Gasteiger partial charge in [0, 0.05) is 22.4 Å². The van der Waals surface area contributed by atoms with Gasteiger partial charge >= 0.3 is 0 Å². The lowest BCUT2D eigenvalue weighted by molar-refractivity contribution is -0.00518. The molecule has 6 saturated carbocycles. The summed E-state index contributed by atoms with van der Waals surface area (Å²) < 4.78 is 0. The van der Waals surface area contributed by atoms with Gasteiger partial charge < -0.3 is 4.90 Å². The van der Waals surface area contributed by atoms with Crippen molar-refractivity contribution in [1.29, 1.82) is 0 Å². The van der Waals surface area contributed by atoms with E-state index >= 15 is 0 Å². The number of hydrogen-bond donors (Lipinski definition) is 0. The van der Waals surface area contributed by atoms with E-state index in [0.29, 0.717) is 5.41 Å². The third-order valence-corrected chi connectivity index (χ3v) is 16.3. The van der Waals surface area contributed by atoms with Gasteiger partial charge in [-0.15, -0.1) is 0 Å². The van der Waals surface area contributed by atoms with E-state index in [0.717, 1.165) is 35.5 Å². The lowest BCUT2D eigenvalue weighted by atomic mass is 9.48. The van der Waals surface area contributed by atoms with Crippen LogP contribution in [0.3, 0.4) is 0 Å². The fraction of sp³-hybridized carbons (Fsp3) is 0.357. The van der Waals surface area contributed by atoms with Crippen LogP contribution in [0.5, 0.6) is 0 Å². The first-order valence-electron chi connectivity index (χ1n) is 22.3. The first-order chi connectivity index (χ1) is 27.9. The Labute approximate surface area is 340 Å². The molecule has 1 nitrogen and oxygen atoms in total. The van der Waals surface area contributed by atoms with E-state index in [1.54, 1.807) is 11.1 Å². The van der Waals surface area contributed by atoms with E-state index in [1.807, 2.05) is 0 Å². The molecule has 0 aromatic heterocycles. The van der Waals surface area contributed by atoms with Gasteiger partial charge in [-0.1, -0.05) is 123 Å². The van der Waals surface area contributed by atoms with Gasteiger partial charge in [0.25, 0.3) is 0 Å². The maximum absolute atomic E-state index is 2.60. The Hall–Kier alpha value is -4.88. The fourth-order valence-corrected chi connectivity index (χ4v) is 14.1. The quantitative estimate of drug-likeness (QED) is 0.157. The number of nitrogens with zero attached hydrogens (tertiary/aromatic N) is 1. The van der Waals surface area contributed by atoms with E-state index in [-0.39, 0.29) is 5.41 Å². The molecule has 0 radical (unpaired) electrons. The number of hydrogen-bond acceptors (Lipinski definition) is 1. The minimum Gasteiger partial charge on any atom is -0.310 e. The number of benzene rings is 6. The summed E-state index contributed by atoms with van der Waals surface area (Å²) in [6, 6.07) is 54.2. The number of anilines is 3. The van der Waals surface area contributed by atoms with Crippen molar-refractivity contribution in [3.05, 3.63) is 162 Å². The third-order valence-electron chi connectivity index (χ3n) is 16.3. The monoisotopic (exact) mass is 741 g/mol. The van der Waals surface area contributed by atoms with Gasteiger partial charge in [0.05, 0.1) is 5.69 Å². The maximum Gasteiger partial charge on any atom is 0.0543 e. The Morgan fingerprint density at radius 3 is 1.70 bits per heavy atom. The van der Waals surface area contributed by atoms with E-state index in [2.05, 4.69) is 158 Å². The lowest BCUT2D eigenvalue weighted by Gasteiger charge is -2.57. The van der Waals surface area contributed by atoms with Gasteiger partial charge in [0.15, 0.2) is 0 Å². The molecule has 7 aliphatic rings. The van der Waals surface area contributed by atoms with Crippen molar-refractivity contribution < 1.29 is 0 Å². The molecule has 57 heavy (non-hydrogen) atoms. The topological polar surface area (TPSA) is 3.24 Å². The Balaban J connectivity index is 1.04. The smallest absolute Gasteiger partial charge is 0.0543 e. The molecule has 6 aromatic rings. The van der Waals surface area contributed by atoms with Gasteiger partial charge in [-0.05, 0) is 185 Å². The van der Waals surface area contributed by atoms with E-state index in [4.69, 9.17) is 0 Å². The van der Waals surface area contributed by atoms with Crippen LogP contribution in [0, 0.1) is 29.6 Å². The van der Waals surface area contributed by atoms with Crippen LogP contribution in [0.4, 0.5) is 17.1 Å². The third kappa shape index (κ3) is 5.40. The molecular weight excluding hydrogens is 687 g/mol. The highest BCUT2D eigenvalue weighted by Gasteiger charge is 2.51. The summed E-state index contributed by atoms with van der Waals surface area (Å²) in [5.74, 6) is 5.37. The molecule has 3 unspecified atom stereocenters. The molecule has 6 fully saturated rings. The molecule has 13 rings (SSSR count). The zero-order chi connectivity index (χ0) is 37.9. The van der Waals surface area contributed by atoms with E-state index < -0.39 is 0 Å². The van der Waals surface area contributed by atoms with Crippen molar-refractivity contribution in [2.24, 2.45) is 29.6 Å². The summed E-state index contributed by atoms with van der Waals surface area (Å²) in [4.78, 5) is 2.60. The molecule has 284 valence electrons. The summed E-state index contributed by atoms with van der Waals surface area (Å²) in [5, 5.41) is 0. The molecule has 6 aromatic carbocycles. The fourth-order valence-electron chi connectivity index (χ4n) is 14.1. The van der Waals surface area contributed by atoms with Crippen LogP contribution in [0.1, 0.15) is 106 Å². The second-order valence-electron chi connectivity index (χ2n) is 20.0. The van der Waals surface area contributed by atoms with E-state index in [9.17, 15) is 0 Å². The van der Waals surface area contributed by atoms with Crippen LogP contribution in [0.2, 0.25) is 0 Å². The van der Waals surface area contributed by atoms with Gasteiger partial charge in [0.1, 0.15) is 0 Å². The Morgan fingerprint density at radius 1 is 0.491 bits per heavy atom. The summed E-state index contributed by atoms with van der Waals surface area (Å²) in [5.41, 5.74) is 17.8. The molecule has 0 saturated heterocycles. The highest BCUT2D eigenvalue weighted by atomic mass is 15.1. The first-order valence-corrected chi connectivity index (χ1v) is 22.3. The molecule has 0 heterocycles. The normalized spacial score (nSPS) is 28.4. The zero-order valence-corrected chi connectivity index (χ0v) is 33.8. The molecule has 7 aliphatic carbocycles. The summed E-state index contributed by atoms with van der Waals surface area (Å²) in [6.45, 7) is 4.88. The second kappa shape index (κ2) is 12.8. The Morgan fingerprint density at radius 2 is 1.11 bits per heavy atom. The van der Waals surface area contributed by atoms with E-state index in [1.165, 1.54) is 126 Å². The van der Waals surface area contributed by atoms with Crippen LogP contribution >= 0.6 is 0 Å². The van der Waals surface area contributed by atoms with Crippen LogP contribution < -0.4 is 4.90 Å². The summed E-state index contributed by atoms with van der Waals surface area (Å²) >= 11 is 0. The first kappa shape index (κ1) is 34.2. The number of rotatable bonds is 7. The molecule has 1 heteroatoms. The van der Waals surface area contributed by atoms with Crippen molar-refractivity contribution in [2.45, 2.75) is 94.8 Å². The molecular formula is C56H55N. The average Bonchev–Trinajstić information content (AvgIpc) is 3.94. The minimum atomic E-state index is -0.154. The van der Waals surface area contributed by atoms with Gasteiger partial charge in [0.2, 0.25) is 0 Å². The molecule has 6 bridgehead atoms. The maximum atomic E-state index is 2.60. The largest absolute Gasteiger partial charge is 0.310 e. The molecule has 0 spiro atoms. The van der Waals surface area contributed by atoms with Crippen molar-refractivity contribution in [3.8, 4) is 33.4 Å². The van der Waals surface area contributed by atoms with Crippen molar-refractivity contribution in [1.82, 2.24) is 0 Å². The molecule has 3 atom stereocenters. The van der Waals surface area contributed by atoms with Gasteiger partial charge in [-0.2, -0.15) is 0 Å². The SMILES string of the molecule is CC1(C)c2cc(N(c3ccc(C4CC5CCC4C5)cc3)c3ccc(C45CC6CC(CC(C6)C4)C5)cc3)c(-c3ccccc3)cc2-c2c(-c3ccccc3)cccc21. The van der Waals surface area contributed by atoms with Gasteiger partial charge in [-0.3, -0.25) is 0 Å². The lowest BCUT2D eigenvalue weighted by Crippen LogP contribution is -2.48. The molecule has 0 aliphatic heterocycles. The van der Waals surface area contributed by atoms with Gasteiger partial charge in [-0.25, -0.2) is 0 Å². The zero-order valence-electron chi connectivity index (χ0n) is 33.8. The highest BCUT2D eigenvalue weighted by Crippen LogP contribution is 2.61. The summed E-state index contributed by atoms with van der Waals surface area (Å²) in [7, 11) is 0. The van der Waals surface area contributed by atoms with Crippen LogP contribution in [0.25, 0.3) is 33.4 Å². The standard InChI is InChI=1S/C56H55N/c1-55(2)51-15-9-14-47(40-10-5-3-6-11-40)54(51)50-31-49(41-12-7-4-8-13-41)53(32-52(50)55)57(45-22-18-42(19-23-45)48-30-36-16-17-43(48)29-36)46-24-20-44(21-25-46)56-33-37-26-38(34-56)28-39(27-37)35-56/h3-15,18-25,31-32,36-39,43,48H,16-17,26-30,33-35H2,1-2H3. The Bertz CT molecular complexity index is 2440. The molecule has 0 N–H and O–H groups in total. The van der Waals surface area contributed by atoms with Crippen LogP contribution in [0.15, 0.2) is 140 Å². The van der Waals surface area contributed by atoms with Crippen molar-refractivity contribution >= 4 is 17.1 Å². The number of fused-ring (bicyclic) bond motifs is 5. The van der Waals surface area contributed by atoms with Crippen LogP contribution in [-0.2, 0) is 10.8 Å². The molecule has 0 amide bonds. The predicted octanol–water partition coefficient (Wildman–Crippen LogP) is 15.2. The predicted molar refractivity (Wildman–Crippen MR) is 238 cm³/mol.